The van der Waals surface area contributed by atoms with Crippen LogP contribution in [0.2, 0.25) is 0 Å². The van der Waals surface area contributed by atoms with Gasteiger partial charge in [-0.3, -0.25) is 4.79 Å². The summed E-state index contributed by atoms with van der Waals surface area (Å²) in [6, 6.07) is 5.04. The first-order valence-corrected chi connectivity index (χ1v) is 8.78. The Hall–Kier alpha value is -1.26. The molecule has 0 saturated carbocycles. The van der Waals surface area contributed by atoms with Gasteiger partial charge in [-0.05, 0) is 12.1 Å². The molecule has 1 aromatic rings. The summed E-state index contributed by atoms with van der Waals surface area (Å²) in [7, 11) is -3.98. The number of sulfonamides is 1. The zero-order valence-corrected chi connectivity index (χ0v) is 14.5. The highest BCUT2D eigenvalue weighted by Crippen LogP contribution is 2.12. The first-order valence-electron chi connectivity index (χ1n) is 7.30. The van der Waals surface area contributed by atoms with Gasteiger partial charge in [0, 0.05) is 38.5 Å². The van der Waals surface area contributed by atoms with Crippen molar-refractivity contribution < 1.29 is 22.7 Å². The van der Waals surface area contributed by atoms with Crippen LogP contribution in [0.5, 0.6) is 0 Å². The molecule has 7 nitrogen and oxygen atoms in total. The summed E-state index contributed by atoms with van der Waals surface area (Å²) in [6.45, 7) is 1.32. The number of benzene rings is 1. The molecule has 1 aromatic carbocycles. The summed E-state index contributed by atoms with van der Waals surface area (Å²) in [5.41, 5.74) is 0. The average Bonchev–Trinajstić information content (AvgIpc) is 2.90. The molecule has 4 N–H and O–H groups in total. The van der Waals surface area contributed by atoms with Crippen molar-refractivity contribution in [2.24, 2.45) is 5.92 Å². The maximum absolute atomic E-state index is 13.5. The van der Waals surface area contributed by atoms with Gasteiger partial charge in [-0.2, -0.15) is 0 Å². The Morgan fingerprint density at radius 3 is 2.67 bits per heavy atom. The highest BCUT2D eigenvalue weighted by Gasteiger charge is 2.25. The lowest BCUT2D eigenvalue weighted by molar-refractivity contribution is -0.121. The van der Waals surface area contributed by atoms with Crippen LogP contribution in [0.15, 0.2) is 29.2 Å². The number of β-amino-alcohol motifs (C(OH)–C–C–N with tert-alkyl or cyclic N) is 1. The lowest BCUT2D eigenvalue weighted by atomic mass is 10.1. The van der Waals surface area contributed by atoms with Crippen LogP contribution in [0.25, 0.3) is 0 Å². The van der Waals surface area contributed by atoms with E-state index in [1.807, 2.05) is 0 Å². The van der Waals surface area contributed by atoms with Gasteiger partial charge in [0.25, 0.3) is 0 Å². The van der Waals surface area contributed by atoms with Crippen molar-refractivity contribution in [1.29, 1.82) is 0 Å². The van der Waals surface area contributed by atoms with Crippen molar-refractivity contribution in [3.63, 3.8) is 0 Å². The fourth-order valence-electron chi connectivity index (χ4n) is 2.30. The van der Waals surface area contributed by atoms with Crippen LogP contribution >= 0.6 is 12.4 Å². The molecule has 10 heteroatoms. The molecule has 0 aromatic heterocycles. The van der Waals surface area contributed by atoms with E-state index in [-0.39, 0.29) is 37.2 Å². The Morgan fingerprint density at radius 2 is 2.04 bits per heavy atom. The number of carbonyl (C=O) groups excluding carboxylic acids is 1. The molecule has 1 fully saturated rings. The molecular formula is C14H21ClFN3O4S. The molecule has 0 spiro atoms. The summed E-state index contributed by atoms with van der Waals surface area (Å²) in [6.07, 6.45) is -0.556. The Balaban J connectivity index is 0.00000288. The third-order valence-corrected chi connectivity index (χ3v) is 5.13. The van der Waals surface area contributed by atoms with Crippen LogP contribution in [-0.2, 0) is 14.8 Å². The van der Waals surface area contributed by atoms with E-state index < -0.39 is 26.8 Å². The first kappa shape index (κ1) is 20.8. The molecule has 1 aliphatic heterocycles. The molecule has 2 unspecified atom stereocenters. The van der Waals surface area contributed by atoms with E-state index in [0.29, 0.717) is 19.6 Å². The molecular weight excluding hydrogens is 361 g/mol. The van der Waals surface area contributed by atoms with Crippen molar-refractivity contribution in [2.75, 3.05) is 26.2 Å². The number of carbonyl (C=O) groups is 1. The van der Waals surface area contributed by atoms with Crippen LogP contribution in [0.4, 0.5) is 4.39 Å². The number of aliphatic hydroxyl groups is 1. The minimum absolute atomic E-state index is 0. The van der Waals surface area contributed by atoms with E-state index in [4.69, 9.17) is 0 Å². The van der Waals surface area contributed by atoms with Gasteiger partial charge < -0.3 is 15.7 Å². The van der Waals surface area contributed by atoms with Crippen LogP contribution in [0.3, 0.4) is 0 Å². The van der Waals surface area contributed by atoms with E-state index in [9.17, 15) is 22.7 Å². The number of hydrogen-bond donors (Lipinski definition) is 4. The van der Waals surface area contributed by atoms with Gasteiger partial charge in [-0.25, -0.2) is 17.5 Å². The van der Waals surface area contributed by atoms with Crippen LogP contribution in [0.1, 0.15) is 6.42 Å². The van der Waals surface area contributed by atoms with Gasteiger partial charge in [0.1, 0.15) is 10.7 Å². The average molecular weight is 382 g/mol. The third kappa shape index (κ3) is 5.67. The highest BCUT2D eigenvalue weighted by atomic mass is 35.5. The Labute approximate surface area is 146 Å². The van der Waals surface area contributed by atoms with Gasteiger partial charge in [-0.15, -0.1) is 12.4 Å². The molecule has 1 amide bonds. The van der Waals surface area contributed by atoms with E-state index in [2.05, 4.69) is 15.4 Å². The molecule has 2 atom stereocenters. The minimum atomic E-state index is -3.98. The van der Waals surface area contributed by atoms with Gasteiger partial charge in [0.2, 0.25) is 15.9 Å². The summed E-state index contributed by atoms with van der Waals surface area (Å²) >= 11 is 0. The molecule has 1 saturated heterocycles. The van der Waals surface area contributed by atoms with E-state index in [1.54, 1.807) is 0 Å². The van der Waals surface area contributed by atoms with Crippen molar-refractivity contribution in [3.05, 3.63) is 30.1 Å². The van der Waals surface area contributed by atoms with Crippen LogP contribution < -0.4 is 15.4 Å². The second-order valence-electron chi connectivity index (χ2n) is 5.37. The number of nitrogens with one attached hydrogen (secondary N) is 3. The Bertz CT molecular complexity index is 659. The lowest BCUT2D eigenvalue weighted by Gasteiger charge is -2.14. The van der Waals surface area contributed by atoms with Gasteiger partial charge in [0.15, 0.2) is 0 Å². The maximum Gasteiger partial charge on any atom is 0.243 e. The highest BCUT2D eigenvalue weighted by molar-refractivity contribution is 7.89. The predicted octanol–water partition coefficient (Wildman–Crippen LogP) is -0.388. The summed E-state index contributed by atoms with van der Waals surface area (Å²) in [5.74, 6) is -1.22. The number of halogens is 2. The SMILES string of the molecule is Cl.O=C(CCNS(=O)(=O)c1ccccc1F)NCC1CNCC1O. The molecule has 1 aliphatic rings. The molecule has 0 aliphatic carbocycles. The summed E-state index contributed by atoms with van der Waals surface area (Å²) < 4.78 is 39.5. The number of amides is 1. The largest absolute Gasteiger partial charge is 0.391 e. The standard InChI is InChI=1S/C14H20FN3O4S.ClH/c15-11-3-1-2-4-13(11)23(21,22)18-6-5-14(20)17-8-10-7-16-9-12(10)19;/h1-4,10,12,16,18-19H,5-9H2,(H,17,20);1H. The molecule has 2 rings (SSSR count). The summed E-state index contributed by atoms with van der Waals surface area (Å²) in [5, 5.41) is 15.2. The number of aliphatic hydroxyl groups excluding tert-OH is 1. The smallest absolute Gasteiger partial charge is 0.243 e. The van der Waals surface area contributed by atoms with Crippen LogP contribution in [0, 0.1) is 11.7 Å². The van der Waals surface area contributed by atoms with Gasteiger partial charge in [0.05, 0.1) is 6.10 Å². The van der Waals surface area contributed by atoms with E-state index in [1.165, 1.54) is 12.1 Å². The molecule has 0 radical (unpaired) electrons. The topological polar surface area (TPSA) is 108 Å². The van der Waals surface area contributed by atoms with E-state index in [0.717, 1.165) is 12.1 Å². The van der Waals surface area contributed by atoms with Crippen molar-refractivity contribution in [2.45, 2.75) is 17.4 Å². The second kappa shape index (κ2) is 9.28. The number of rotatable bonds is 7. The predicted molar refractivity (Wildman–Crippen MR) is 88.8 cm³/mol. The van der Waals surface area contributed by atoms with Crippen molar-refractivity contribution in [3.8, 4) is 0 Å². The second-order valence-corrected chi connectivity index (χ2v) is 7.10. The van der Waals surface area contributed by atoms with Crippen molar-refractivity contribution >= 4 is 28.3 Å². The van der Waals surface area contributed by atoms with Gasteiger partial charge in [-0.1, -0.05) is 12.1 Å². The molecule has 136 valence electrons. The fraction of sp³-hybridized carbons (Fsp3) is 0.500. The normalized spacial score (nSPS) is 20.4. The first-order chi connectivity index (χ1) is 10.9. The van der Waals surface area contributed by atoms with E-state index >= 15 is 0 Å². The van der Waals surface area contributed by atoms with Crippen LogP contribution in [-0.4, -0.2) is 51.7 Å². The monoisotopic (exact) mass is 381 g/mol. The van der Waals surface area contributed by atoms with Crippen molar-refractivity contribution in [1.82, 2.24) is 15.4 Å². The molecule has 1 heterocycles. The quantitative estimate of drug-likeness (QED) is 0.514. The number of hydrogen-bond acceptors (Lipinski definition) is 5. The zero-order chi connectivity index (χ0) is 16.9. The Kier molecular flexibility index (Phi) is 8.04. The molecule has 24 heavy (non-hydrogen) atoms. The Morgan fingerprint density at radius 1 is 1.33 bits per heavy atom. The zero-order valence-electron chi connectivity index (χ0n) is 12.9. The minimum Gasteiger partial charge on any atom is -0.391 e. The summed E-state index contributed by atoms with van der Waals surface area (Å²) in [4.78, 5) is 11.2. The van der Waals surface area contributed by atoms with Gasteiger partial charge >= 0.3 is 0 Å². The fourth-order valence-corrected chi connectivity index (χ4v) is 3.41. The third-order valence-electron chi connectivity index (χ3n) is 3.64. The maximum atomic E-state index is 13.5. The lowest BCUT2D eigenvalue weighted by Crippen LogP contribution is -2.36. The molecule has 0 bridgehead atoms.